The monoisotopic (exact) mass is 291 g/mol. The van der Waals surface area contributed by atoms with Gasteiger partial charge in [0, 0.05) is 18.0 Å². The molecule has 2 heterocycles. The summed E-state index contributed by atoms with van der Waals surface area (Å²) in [4.78, 5) is 15.6. The first-order chi connectivity index (χ1) is 9.63. The summed E-state index contributed by atoms with van der Waals surface area (Å²) < 4.78 is 1.72. The standard InChI is InChI=1S/C14H14ClN3O2/c15-10-4-1-3-9(7-10)8-12-16-13-11(14(19)20)5-2-6-18(13)17-12/h1,3-4,7,11H,2,5-6,8H2,(H,19,20). The molecule has 0 spiro atoms. The minimum Gasteiger partial charge on any atom is -0.481 e. The van der Waals surface area contributed by atoms with E-state index in [4.69, 9.17) is 11.6 Å². The molecule has 1 aromatic carbocycles. The third kappa shape index (κ3) is 2.54. The van der Waals surface area contributed by atoms with Crippen molar-refractivity contribution in [2.45, 2.75) is 31.7 Å². The van der Waals surface area contributed by atoms with Crippen molar-refractivity contribution < 1.29 is 9.90 Å². The highest BCUT2D eigenvalue weighted by molar-refractivity contribution is 6.30. The van der Waals surface area contributed by atoms with Gasteiger partial charge in [0.2, 0.25) is 0 Å². The molecule has 0 bridgehead atoms. The first-order valence-electron chi connectivity index (χ1n) is 6.54. The minimum atomic E-state index is -0.826. The van der Waals surface area contributed by atoms with Crippen LogP contribution in [0.15, 0.2) is 24.3 Å². The Morgan fingerprint density at radius 3 is 3.10 bits per heavy atom. The van der Waals surface area contributed by atoms with Crippen molar-refractivity contribution in [3.63, 3.8) is 0 Å². The number of carbonyl (C=O) groups is 1. The Morgan fingerprint density at radius 2 is 2.35 bits per heavy atom. The minimum absolute atomic E-state index is 0.538. The predicted octanol–water partition coefficient (Wildman–Crippen LogP) is 2.48. The molecule has 1 aliphatic heterocycles. The van der Waals surface area contributed by atoms with Gasteiger partial charge in [-0.25, -0.2) is 9.67 Å². The van der Waals surface area contributed by atoms with Gasteiger partial charge in [-0.1, -0.05) is 23.7 Å². The van der Waals surface area contributed by atoms with Crippen LogP contribution in [-0.4, -0.2) is 25.8 Å². The number of fused-ring (bicyclic) bond motifs is 1. The second-order valence-corrected chi connectivity index (χ2v) is 5.39. The highest BCUT2D eigenvalue weighted by Crippen LogP contribution is 2.26. The quantitative estimate of drug-likeness (QED) is 0.943. The van der Waals surface area contributed by atoms with E-state index >= 15 is 0 Å². The first-order valence-corrected chi connectivity index (χ1v) is 6.92. The number of hydrogen-bond acceptors (Lipinski definition) is 3. The average molecular weight is 292 g/mol. The molecule has 2 aromatic rings. The molecular weight excluding hydrogens is 278 g/mol. The van der Waals surface area contributed by atoms with Crippen molar-refractivity contribution in [2.24, 2.45) is 0 Å². The van der Waals surface area contributed by atoms with Gasteiger partial charge in [-0.15, -0.1) is 0 Å². The van der Waals surface area contributed by atoms with Crippen molar-refractivity contribution in [2.75, 3.05) is 0 Å². The fourth-order valence-electron chi connectivity index (χ4n) is 2.54. The van der Waals surface area contributed by atoms with Crippen LogP contribution in [0.25, 0.3) is 0 Å². The smallest absolute Gasteiger partial charge is 0.314 e. The number of benzene rings is 1. The normalized spacial score (nSPS) is 17.8. The summed E-state index contributed by atoms with van der Waals surface area (Å²) in [6.45, 7) is 0.738. The van der Waals surface area contributed by atoms with Crippen LogP contribution in [0, 0.1) is 0 Å². The SMILES string of the molecule is O=C(O)C1CCCn2nc(Cc3cccc(Cl)c3)nc21. The molecule has 1 aliphatic rings. The van der Waals surface area contributed by atoms with E-state index in [1.807, 2.05) is 24.3 Å². The lowest BCUT2D eigenvalue weighted by atomic mass is 10.00. The van der Waals surface area contributed by atoms with Gasteiger partial charge in [-0.2, -0.15) is 5.10 Å². The lowest BCUT2D eigenvalue weighted by molar-refractivity contribution is -0.139. The van der Waals surface area contributed by atoms with Crippen LogP contribution in [0.5, 0.6) is 0 Å². The van der Waals surface area contributed by atoms with Crippen molar-refractivity contribution in [3.8, 4) is 0 Å². The molecule has 0 radical (unpaired) electrons. The number of aliphatic carboxylic acids is 1. The number of hydrogen-bond donors (Lipinski definition) is 1. The second-order valence-electron chi connectivity index (χ2n) is 4.95. The summed E-state index contributed by atoms with van der Waals surface area (Å²) in [7, 11) is 0. The van der Waals surface area contributed by atoms with Crippen molar-refractivity contribution in [1.29, 1.82) is 0 Å². The van der Waals surface area contributed by atoms with Crippen LogP contribution in [-0.2, 0) is 17.8 Å². The number of halogens is 1. The molecule has 1 atom stereocenters. The Labute approximate surface area is 121 Å². The van der Waals surface area contributed by atoms with Gasteiger partial charge in [0.25, 0.3) is 0 Å². The lowest BCUT2D eigenvalue weighted by Crippen LogP contribution is -2.22. The van der Waals surface area contributed by atoms with Gasteiger partial charge in [0.1, 0.15) is 11.7 Å². The molecule has 1 N–H and O–H groups in total. The van der Waals surface area contributed by atoms with E-state index in [0.29, 0.717) is 29.5 Å². The fraction of sp³-hybridized carbons (Fsp3) is 0.357. The van der Waals surface area contributed by atoms with Crippen LogP contribution in [0.4, 0.5) is 0 Å². The molecule has 0 saturated carbocycles. The Balaban J connectivity index is 1.87. The summed E-state index contributed by atoms with van der Waals surface area (Å²) in [5.41, 5.74) is 1.02. The molecular formula is C14H14ClN3O2. The van der Waals surface area contributed by atoms with Gasteiger partial charge >= 0.3 is 5.97 Å². The molecule has 1 unspecified atom stereocenters. The van der Waals surface area contributed by atoms with E-state index in [0.717, 1.165) is 18.5 Å². The van der Waals surface area contributed by atoms with Crippen LogP contribution in [0.2, 0.25) is 5.02 Å². The summed E-state index contributed by atoms with van der Waals surface area (Å²) in [6.07, 6.45) is 2.02. The van der Waals surface area contributed by atoms with E-state index in [1.165, 1.54) is 0 Å². The number of aromatic nitrogens is 3. The maximum Gasteiger partial charge on any atom is 0.314 e. The van der Waals surface area contributed by atoms with Crippen LogP contribution in [0.3, 0.4) is 0 Å². The fourth-order valence-corrected chi connectivity index (χ4v) is 2.75. The summed E-state index contributed by atoms with van der Waals surface area (Å²) >= 11 is 5.95. The van der Waals surface area contributed by atoms with Gasteiger partial charge < -0.3 is 5.11 Å². The Hall–Kier alpha value is -1.88. The molecule has 0 amide bonds. The van der Waals surface area contributed by atoms with Gasteiger partial charge in [0.05, 0.1) is 0 Å². The number of carboxylic acids is 1. The zero-order valence-electron chi connectivity index (χ0n) is 10.8. The Bertz CT molecular complexity index is 654. The molecule has 3 rings (SSSR count). The molecule has 0 aliphatic carbocycles. The zero-order chi connectivity index (χ0) is 14.1. The summed E-state index contributed by atoms with van der Waals surface area (Å²) in [5.74, 6) is -0.145. The molecule has 20 heavy (non-hydrogen) atoms. The van der Waals surface area contributed by atoms with Gasteiger partial charge in [-0.05, 0) is 30.5 Å². The zero-order valence-corrected chi connectivity index (χ0v) is 11.5. The topological polar surface area (TPSA) is 68.0 Å². The highest BCUT2D eigenvalue weighted by atomic mass is 35.5. The van der Waals surface area contributed by atoms with Crippen molar-refractivity contribution in [3.05, 3.63) is 46.5 Å². The largest absolute Gasteiger partial charge is 0.481 e. The van der Waals surface area contributed by atoms with E-state index < -0.39 is 11.9 Å². The molecule has 0 saturated heterocycles. The molecule has 5 nitrogen and oxygen atoms in total. The highest BCUT2D eigenvalue weighted by Gasteiger charge is 2.29. The number of nitrogens with zero attached hydrogens (tertiary/aromatic N) is 3. The lowest BCUT2D eigenvalue weighted by Gasteiger charge is -2.17. The van der Waals surface area contributed by atoms with E-state index in [2.05, 4.69) is 10.1 Å². The van der Waals surface area contributed by atoms with E-state index in [1.54, 1.807) is 4.68 Å². The number of aryl methyl sites for hydroxylation is 1. The van der Waals surface area contributed by atoms with E-state index in [-0.39, 0.29) is 0 Å². The molecule has 6 heteroatoms. The van der Waals surface area contributed by atoms with Crippen LogP contribution in [0.1, 0.15) is 36.0 Å². The maximum absolute atomic E-state index is 11.2. The van der Waals surface area contributed by atoms with Crippen molar-refractivity contribution in [1.82, 2.24) is 14.8 Å². The third-order valence-corrected chi connectivity index (χ3v) is 3.70. The molecule has 1 aromatic heterocycles. The third-order valence-electron chi connectivity index (χ3n) is 3.47. The van der Waals surface area contributed by atoms with E-state index in [9.17, 15) is 9.90 Å². The maximum atomic E-state index is 11.2. The van der Waals surface area contributed by atoms with Crippen LogP contribution < -0.4 is 0 Å². The molecule has 104 valence electrons. The van der Waals surface area contributed by atoms with Gasteiger partial charge in [0.15, 0.2) is 5.82 Å². The van der Waals surface area contributed by atoms with Gasteiger partial charge in [-0.3, -0.25) is 4.79 Å². The molecule has 0 fully saturated rings. The Morgan fingerprint density at radius 1 is 1.50 bits per heavy atom. The second kappa shape index (κ2) is 5.25. The first kappa shape index (κ1) is 13.1. The number of rotatable bonds is 3. The summed E-state index contributed by atoms with van der Waals surface area (Å²) in [5, 5.41) is 14.3. The Kier molecular flexibility index (Phi) is 3.44. The van der Waals surface area contributed by atoms with Crippen molar-refractivity contribution >= 4 is 17.6 Å². The number of carboxylic acid groups (broad SMARTS) is 1. The predicted molar refractivity (Wildman–Crippen MR) is 73.9 cm³/mol. The summed E-state index contributed by atoms with van der Waals surface area (Å²) in [6, 6.07) is 7.53. The van der Waals surface area contributed by atoms with Crippen LogP contribution >= 0.6 is 11.6 Å². The average Bonchev–Trinajstić information content (AvgIpc) is 2.80.